The summed E-state index contributed by atoms with van der Waals surface area (Å²) in [7, 11) is 0. The Bertz CT molecular complexity index is 1990. The summed E-state index contributed by atoms with van der Waals surface area (Å²) >= 11 is 63.8. The Kier molecular flexibility index (Phi) is 9.71. The number of rotatable bonds is 7. The molecule has 2 fully saturated rings. The molecule has 3 aromatic rings. The Balaban J connectivity index is 1.32. The summed E-state index contributed by atoms with van der Waals surface area (Å²) in [6.07, 6.45) is 0. The van der Waals surface area contributed by atoms with Crippen molar-refractivity contribution < 1.29 is 28.7 Å². The van der Waals surface area contributed by atoms with Crippen molar-refractivity contribution in [3.63, 3.8) is 0 Å². The number of ketones is 1. The van der Waals surface area contributed by atoms with Crippen LogP contribution in [0.15, 0.2) is 70.7 Å². The molecular formula is C31H14Cl10N2O6. The lowest BCUT2D eigenvalue weighted by Crippen LogP contribution is -2.56. The molecule has 0 aromatic heterocycles. The van der Waals surface area contributed by atoms with E-state index in [1.807, 2.05) is 0 Å². The zero-order chi connectivity index (χ0) is 36.0. The van der Waals surface area contributed by atoms with Gasteiger partial charge in [0.25, 0.3) is 17.7 Å². The van der Waals surface area contributed by atoms with Crippen LogP contribution in [-0.4, -0.2) is 60.1 Å². The van der Waals surface area contributed by atoms with E-state index >= 15 is 0 Å². The number of hydrogen-bond acceptors (Lipinski definition) is 6. The summed E-state index contributed by atoms with van der Waals surface area (Å²) in [6, 6.07) is 13.3. The first-order valence-electron chi connectivity index (χ1n) is 13.6. The van der Waals surface area contributed by atoms with E-state index in [9.17, 15) is 24.0 Å². The van der Waals surface area contributed by atoms with Gasteiger partial charge >= 0.3 is 5.97 Å². The summed E-state index contributed by atoms with van der Waals surface area (Å²) in [5.41, 5.74) is -0.0754. The first kappa shape index (κ1) is 36.8. The smallest absolute Gasteiger partial charge is 0.345 e. The summed E-state index contributed by atoms with van der Waals surface area (Å²) in [4.78, 5) is 64.2. The molecule has 1 heterocycles. The highest BCUT2D eigenvalue weighted by molar-refractivity contribution is 6.67. The maximum absolute atomic E-state index is 14.1. The number of carbonyl (C=O) groups excluding carboxylic acids is 5. The predicted octanol–water partition coefficient (Wildman–Crippen LogP) is 9.21. The van der Waals surface area contributed by atoms with Crippen LogP contribution in [0.3, 0.4) is 0 Å². The minimum Gasteiger partial charge on any atom is -0.423 e. The average Bonchev–Trinajstić information content (AvgIpc) is 3.43. The number of hydrazine groups is 1. The lowest BCUT2D eigenvalue weighted by Gasteiger charge is -2.36. The van der Waals surface area contributed by atoms with E-state index in [1.165, 1.54) is 60.7 Å². The lowest BCUT2D eigenvalue weighted by molar-refractivity contribution is -0.154. The van der Waals surface area contributed by atoms with E-state index in [2.05, 4.69) is 0 Å². The van der Waals surface area contributed by atoms with Gasteiger partial charge in [-0.25, -0.2) is 9.80 Å². The molecule has 1 aliphatic heterocycles. The number of hydrogen-bond donors (Lipinski definition) is 0. The highest BCUT2D eigenvalue weighted by atomic mass is 35.5. The second kappa shape index (κ2) is 12.9. The number of allylic oxidation sites excluding steroid dienone is 2. The Hall–Kier alpha value is -1.95. The fraction of sp³-hybridized carbons (Fsp3) is 0.194. The van der Waals surface area contributed by atoms with Crippen LogP contribution in [0.5, 0.6) is 5.75 Å². The van der Waals surface area contributed by atoms with Crippen molar-refractivity contribution in [1.82, 2.24) is 10.0 Å². The van der Waals surface area contributed by atoms with E-state index in [4.69, 9.17) is 121 Å². The minimum absolute atomic E-state index is 0.00605. The monoisotopic (exact) mass is 860 g/mol. The molecule has 254 valence electrons. The van der Waals surface area contributed by atoms with Gasteiger partial charge in [0.2, 0.25) is 0 Å². The number of imide groups is 1. The second-order valence-corrected chi connectivity index (χ2v) is 16.0. The van der Waals surface area contributed by atoms with Crippen LogP contribution in [0, 0.1) is 11.8 Å². The Labute approximate surface area is 327 Å². The van der Waals surface area contributed by atoms with Gasteiger partial charge in [-0.3, -0.25) is 19.2 Å². The molecule has 0 spiro atoms. The normalized spacial score (nSPS) is 25.1. The summed E-state index contributed by atoms with van der Waals surface area (Å²) in [6.45, 7) is -0.859. The molecule has 2 aliphatic carbocycles. The number of Topliss-reactive ketones (excluding diaryl/α,β-unsaturated/α-hetero) is 1. The van der Waals surface area contributed by atoms with Gasteiger partial charge in [-0.1, -0.05) is 92.8 Å². The first-order valence-corrected chi connectivity index (χ1v) is 17.4. The number of halogens is 10. The molecule has 2 bridgehead atoms. The van der Waals surface area contributed by atoms with Crippen LogP contribution >= 0.6 is 116 Å². The van der Waals surface area contributed by atoms with Crippen molar-refractivity contribution in [1.29, 1.82) is 0 Å². The molecule has 0 unspecified atom stereocenters. The molecule has 3 aromatic carbocycles. The number of carbonyl (C=O) groups is 5. The molecule has 0 radical (unpaired) electrons. The highest BCUT2D eigenvalue weighted by Crippen LogP contribution is 2.77. The highest BCUT2D eigenvalue weighted by Gasteiger charge is 2.88. The number of esters is 1. The molecule has 3 amide bonds. The van der Waals surface area contributed by atoms with E-state index in [-0.39, 0.29) is 47.6 Å². The van der Waals surface area contributed by atoms with Crippen LogP contribution in [-0.2, 0) is 9.59 Å². The molecule has 1 saturated heterocycles. The van der Waals surface area contributed by atoms with Crippen molar-refractivity contribution in [2.45, 2.75) is 14.1 Å². The van der Waals surface area contributed by atoms with Crippen LogP contribution < -0.4 is 4.74 Å². The third kappa shape index (κ3) is 5.45. The maximum atomic E-state index is 14.1. The molecular weight excluding hydrogens is 851 g/mol. The van der Waals surface area contributed by atoms with Gasteiger partial charge in [0, 0.05) is 16.1 Å². The van der Waals surface area contributed by atoms with Gasteiger partial charge in [-0.2, -0.15) is 5.01 Å². The average molecular weight is 865 g/mol. The van der Waals surface area contributed by atoms with Crippen molar-refractivity contribution in [3.05, 3.63) is 108 Å². The number of ether oxygens (including phenoxy) is 1. The lowest BCUT2D eigenvalue weighted by atomic mass is 9.84. The Morgan fingerprint density at radius 1 is 0.694 bits per heavy atom. The molecule has 1 saturated carbocycles. The number of fused-ring (bicyclic) bond motifs is 5. The zero-order valence-electron chi connectivity index (χ0n) is 23.8. The summed E-state index contributed by atoms with van der Waals surface area (Å²) < 4.78 is 3.13. The van der Waals surface area contributed by atoms with Gasteiger partial charge in [0.1, 0.15) is 22.0 Å². The van der Waals surface area contributed by atoms with E-state index in [1.54, 1.807) is 0 Å². The quantitative estimate of drug-likeness (QED) is 0.0773. The van der Waals surface area contributed by atoms with Crippen LogP contribution in [0.4, 0.5) is 0 Å². The molecule has 3 aliphatic rings. The van der Waals surface area contributed by atoms with Crippen molar-refractivity contribution >= 4 is 145 Å². The summed E-state index contributed by atoms with van der Waals surface area (Å²) in [5, 5.41) is 0.896. The Morgan fingerprint density at radius 3 is 1.78 bits per heavy atom. The van der Waals surface area contributed by atoms with Crippen LogP contribution in [0.25, 0.3) is 0 Å². The van der Waals surface area contributed by atoms with Crippen LogP contribution in [0.1, 0.15) is 31.1 Å². The number of benzene rings is 3. The molecule has 49 heavy (non-hydrogen) atoms. The minimum atomic E-state index is -2.22. The first-order chi connectivity index (χ1) is 22.9. The van der Waals surface area contributed by atoms with Gasteiger partial charge in [0.15, 0.2) is 10.1 Å². The molecule has 4 atom stereocenters. The van der Waals surface area contributed by atoms with Gasteiger partial charge in [-0.15, -0.1) is 23.2 Å². The largest absolute Gasteiger partial charge is 0.423 e. The topological polar surface area (TPSA) is 101 Å². The molecule has 18 heteroatoms. The standard InChI is InChI=1S/C31H14Cl10N2O6/c32-14-4-7-16(18(34)10-14)28(48)49-15-5-1-12(2-6-15)20(44)11-42(25(45)13-3-8-17(33)19(35)9-13)43-26(46)21-22(27(43)47)30(39)24(37)23(36)29(21,38)31(30,40)41/h1-10,21-22H,11H2/t21-,22+,29-,30-/m1/s1. The zero-order valence-corrected chi connectivity index (χ0v) is 31.3. The van der Waals surface area contributed by atoms with Crippen molar-refractivity contribution in [2.75, 3.05) is 6.54 Å². The second-order valence-electron chi connectivity index (χ2n) is 11.0. The number of amides is 3. The summed E-state index contributed by atoms with van der Waals surface area (Å²) in [5.74, 6) is -7.76. The third-order valence-electron chi connectivity index (χ3n) is 8.36. The van der Waals surface area contributed by atoms with Gasteiger partial charge in [0.05, 0.1) is 42.5 Å². The fourth-order valence-electron chi connectivity index (χ4n) is 5.98. The maximum Gasteiger partial charge on any atom is 0.345 e. The number of alkyl halides is 4. The number of nitrogens with zero attached hydrogens (tertiary/aromatic N) is 2. The molecule has 6 rings (SSSR count). The van der Waals surface area contributed by atoms with Crippen LogP contribution in [0.2, 0.25) is 20.1 Å². The van der Waals surface area contributed by atoms with Crippen molar-refractivity contribution in [3.8, 4) is 5.75 Å². The fourth-order valence-corrected chi connectivity index (χ4v) is 9.70. The molecule has 8 nitrogen and oxygen atoms in total. The Morgan fingerprint density at radius 2 is 1.24 bits per heavy atom. The van der Waals surface area contributed by atoms with Gasteiger partial charge < -0.3 is 4.74 Å². The van der Waals surface area contributed by atoms with Crippen molar-refractivity contribution in [2.24, 2.45) is 11.8 Å². The SMILES string of the molecule is O=C(CN(C(=O)c1ccc(Cl)c(Cl)c1)N1C(=O)[C@@H]2[C@H](C1=O)[C@@]1(Cl)C(Cl)=C(Cl)[C@@]2(Cl)C1(Cl)Cl)c1ccc(OC(=O)c2ccc(Cl)cc2Cl)cc1. The molecule has 0 N–H and O–H groups in total. The predicted molar refractivity (Wildman–Crippen MR) is 189 cm³/mol. The van der Waals surface area contributed by atoms with E-state index < -0.39 is 61.9 Å². The third-order valence-corrected chi connectivity index (χ3v) is 13.9. The van der Waals surface area contributed by atoms with E-state index in [0.717, 1.165) is 0 Å². The van der Waals surface area contributed by atoms with E-state index in [0.29, 0.717) is 15.0 Å². The van der Waals surface area contributed by atoms with Gasteiger partial charge in [-0.05, 0) is 60.7 Å².